The molecule has 1 unspecified atom stereocenters. The van der Waals surface area contributed by atoms with Gasteiger partial charge in [0.15, 0.2) is 0 Å². The maximum atomic E-state index is 10.9. The van der Waals surface area contributed by atoms with E-state index in [2.05, 4.69) is 6.58 Å². The van der Waals surface area contributed by atoms with Crippen molar-refractivity contribution in [3.8, 4) is 0 Å². The molecule has 3 N–H and O–H groups in total. The third-order valence-electron chi connectivity index (χ3n) is 2.67. The summed E-state index contributed by atoms with van der Waals surface area (Å²) in [7, 11) is 0. The summed E-state index contributed by atoms with van der Waals surface area (Å²) < 4.78 is 0. The van der Waals surface area contributed by atoms with E-state index in [1.54, 1.807) is 6.92 Å². The Labute approximate surface area is 102 Å². The number of ketones is 1. The van der Waals surface area contributed by atoms with Crippen LogP contribution in [0, 0.1) is 0 Å². The molecular weight excluding hydrogens is 214 g/mol. The van der Waals surface area contributed by atoms with Crippen LogP contribution in [0.2, 0.25) is 0 Å². The van der Waals surface area contributed by atoms with Gasteiger partial charge in [-0.1, -0.05) is 30.8 Å². The van der Waals surface area contributed by atoms with E-state index in [-0.39, 0.29) is 11.5 Å². The summed E-state index contributed by atoms with van der Waals surface area (Å²) in [6.45, 7) is 5.01. The fraction of sp³-hybridized carbons (Fsp3) is 0.357. The minimum absolute atomic E-state index is 0.00524. The van der Waals surface area contributed by atoms with E-state index >= 15 is 0 Å². The second-order valence-corrected chi connectivity index (χ2v) is 4.32. The SMILES string of the molecule is C=C(O)C(N)Cc1ccc(CCC(C)=O)cc1. The number of aliphatic hydroxyl groups is 1. The smallest absolute Gasteiger partial charge is 0.130 e. The fourth-order valence-electron chi connectivity index (χ4n) is 1.53. The van der Waals surface area contributed by atoms with Crippen molar-refractivity contribution in [2.75, 3.05) is 0 Å². The summed E-state index contributed by atoms with van der Waals surface area (Å²) >= 11 is 0. The molecule has 0 saturated heterocycles. The van der Waals surface area contributed by atoms with E-state index in [0.717, 1.165) is 17.5 Å². The Bertz CT molecular complexity index is 395. The molecule has 0 aromatic heterocycles. The van der Waals surface area contributed by atoms with Crippen LogP contribution in [0.1, 0.15) is 24.5 Å². The van der Waals surface area contributed by atoms with Crippen molar-refractivity contribution < 1.29 is 9.90 Å². The predicted octanol–water partition coefficient (Wildman–Crippen LogP) is 2.15. The zero-order valence-corrected chi connectivity index (χ0v) is 10.1. The first kappa shape index (κ1) is 13.5. The highest BCUT2D eigenvalue weighted by molar-refractivity contribution is 5.75. The molecule has 0 bridgehead atoms. The van der Waals surface area contributed by atoms with Crippen molar-refractivity contribution in [3.63, 3.8) is 0 Å². The molecule has 0 fully saturated rings. The molecule has 1 aromatic rings. The van der Waals surface area contributed by atoms with Crippen LogP contribution in [0.3, 0.4) is 0 Å². The van der Waals surface area contributed by atoms with Gasteiger partial charge in [0.1, 0.15) is 11.5 Å². The topological polar surface area (TPSA) is 63.3 Å². The number of benzene rings is 1. The molecule has 92 valence electrons. The fourth-order valence-corrected chi connectivity index (χ4v) is 1.53. The normalized spacial score (nSPS) is 12.1. The van der Waals surface area contributed by atoms with Crippen LogP contribution < -0.4 is 5.73 Å². The van der Waals surface area contributed by atoms with Crippen LogP contribution in [0.4, 0.5) is 0 Å². The van der Waals surface area contributed by atoms with E-state index in [0.29, 0.717) is 12.8 Å². The molecule has 1 aromatic carbocycles. The number of hydrogen-bond donors (Lipinski definition) is 2. The lowest BCUT2D eigenvalue weighted by Gasteiger charge is -2.10. The molecular formula is C14H19NO2. The average molecular weight is 233 g/mol. The van der Waals surface area contributed by atoms with Crippen LogP contribution in [0.25, 0.3) is 0 Å². The summed E-state index contributed by atoms with van der Waals surface area (Å²) in [5.74, 6) is 0.207. The minimum Gasteiger partial charge on any atom is -0.511 e. The molecule has 0 radical (unpaired) electrons. The van der Waals surface area contributed by atoms with Gasteiger partial charge in [0, 0.05) is 6.42 Å². The quantitative estimate of drug-likeness (QED) is 0.740. The molecule has 0 amide bonds. The predicted molar refractivity (Wildman–Crippen MR) is 68.9 cm³/mol. The lowest BCUT2D eigenvalue weighted by molar-refractivity contribution is -0.116. The Kier molecular flexibility index (Phi) is 4.91. The first-order valence-corrected chi connectivity index (χ1v) is 5.69. The molecule has 1 rings (SSSR count). The Morgan fingerprint density at radius 2 is 1.88 bits per heavy atom. The van der Waals surface area contributed by atoms with E-state index in [1.807, 2.05) is 24.3 Å². The van der Waals surface area contributed by atoms with E-state index in [1.165, 1.54) is 0 Å². The monoisotopic (exact) mass is 233 g/mol. The molecule has 0 aliphatic rings. The third kappa shape index (κ3) is 4.83. The van der Waals surface area contributed by atoms with Crippen LogP contribution >= 0.6 is 0 Å². The third-order valence-corrected chi connectivity index (χ3v) is 2.67. The van der Waals surface area contributed by atoms with Gasteiger partial charge in [-0.2, -0.15) is 0 Å². The molecule has 0 aliphatic heterocycles. The van der Waals surface area contributed by atoms with Gasteiger partial charge < -0.3 is 15.6 Å². The Balaban J connectivity index is 2.55. The second-order valence-electron chi connectivity index (χ2n) is 4.32. The van der Waals surface area contributed by atoms with Gasteiger partial charge in [-0.05, 0) is 30.9 Å². The van der Waals surface area contributed by atoms with Gasteiger partial charge in [-0.3, -0.25) is 0 Å². The van der Waals surface area contributed by atoms with Crippen molar-refractivity contribution in [3.05, 3.63) is 47.7 Å². The molecule has 0 saturated carbocycles. The average Bonchev–Trinajstić information content (AvgIpc) is 2.28. The first-order valence-electron chi connectivity index (χ1n) is 5.69. The Morgan fingerprint density at radius 3 is 2.35 bits per heavy atom. The van der Waals surface area contributed by atoms with Crippen LogP contribution in [0.5, 0.6) is 0 Å². The van der Waals surface area contributed by atoms with Crippen LogP contribution in [-0.2, 0) is 17.6 Å². The van der Waals surface area contributed by atoms with Gasteiger partial charge in [-0.25, -0.2) is 0 Å². The molecule has 0 heterocycles. The second kappa shape index (κ2) is 6.21. The van der Waals surface area contributed by atoms with Gasteiger partial charge in [0.05, 0.1) is 6.04 Å². The van der Waals surface area contributed by atoms with Gasteiger partial charge in [0.25, 0.3) is 0 Å². The maximum Gasteiger partial charge on any atom is 0.130 e. The molecule has 1 atom stereocenters. The number of nitrogens with two attached hydrogens (primary N) is 1. The molecule has 3 nitrogen and oxygen atoms in total. The van der Waals surface area contributed by atoms with Crippen molar-refractivity contribution in [2.45, 2.75) is 32.2 Å². The Hall–Kier alpha value is -1.61. The van der Waals surface area contributed by atoms with Gasteiger partial charge >= 0.3 is 0 Å². The summed E-state index contributed by atoms with van der Waals surface area (Å²) in [6.07, 6.45) is 1.92. The van der Waals surface area contributed by atoms with Gasteiger partial charge in [0.2, 0.25) is 0 Å². The number of carbonyl (C=O) groups excluding carboxylic acids is 1. The standard InChI is InChI=1S/C14H19NO2/c1-10(16)3-4-12-5-7-13(8-6-12)9-14(15)11(2)17/h5-8,14,17H,2-4,9,15H2,1H3. The summed E-state index contributed by atoms with van der Waals surface area (Å²) in [5.41, 5.74) is 7.88. The summed E-state index contributed by atoms with van der Waals surface area (Å²) in [5, 5.41) is 9.13. The van der Waals surface area contributed by atoms with E-state index in [9.17, 15) is 4.79 Å². The number of carbonyl (C=O) groups is 1. The molecule has 17 heavy (non-hydrogen) atoms. The highest BCUT2D eigenvalue weighted by Gasteiger charge is 2.06. The van der Waals surface area contributed by atoms with E-state index in [4.69, 9.17) is 10.8 Å². The maximum absolute atomic E-state index is 10.9. The largest absolute Gasteiger partial charge is 0.511 e. The molecule has 0 spiro atoms. The highest BCUT2D eigenvalue weighted by atomic mass is 16.3. The first-order chi connectivity index (χ1) is 7.99. The summed E-state index contributed by atoms with van der Waals surface area (Å²) in [6, 6.07) is 7.50. The van der Waals surface area contributed by atoms with Crippen LogP contribution in [0.15, 0.2) is 36.6 Å². The zero-order chi connectivity index (χ0) is 12.8. The number of hydrogen-bond acceptors (Lipinski definition) is 3. The van der Waals surface area contributed by atoms with Gasteiger partial charge in [-0.15, -0.1) is 0 Å². The lowest BCUT2D eigenvalue weighted by Crippen LogP contribution is -2.24. The van der Waals surface area contributed by atoms with Crippen LogP contribution in [-0.4, -0.2) is 16.9 Å². The van der Waals surface area contributed by atoms with E-state index < -0.39 is 6.04 Å². The minimum atomic E-state index is -0.418. The Morgan fingerprint density at radius 1 is 1.35 bits per heavy atom. The number of Topliss-reactive ketones (excluding diaryl/α,β-unsaturated/α-hetero) is 1. The highest BCUT2D eigenvalue weighted by Crippen LogP contribution is 2.10. The summed E-state index contributed by atoms with van der Waals surface area (Å²) in [4.78, 5) is 10.9. The molecule has 3 heteroatoms. The number of aryl methyl sites for hydroxylation is 1. The lowest BCUT2D eigenvalue weighted by atomic mass is 10.0. The van der Waals surface area contributed by atoms with Crippen molar-refractivity contribution in [1.82, 2.24) is 0 Å². The van der Waals surface area contributed by atoms with Crippen molar-refractivity contribution in [1.29, 1.82) is 0 Å². The number of aliphatic hydroxyl groups excluding tert-OH is 1. The number of rotatable bonds is 6. The molecule has 0 aliphatic carbocycles. The van der Waals surface area contributed by atoms with Crippen molar-refractivity contribution >= 4 is 5.78 Å². The van der Waals surface area contributed by atoms with Crippen molar-refractivity contribution in [2.24, 2.45) is 5.73 Å². The zero-order valence-electron chi connectivity index (χ0n) is 10.1.